The number of aliphatic hydroxyl groups is 2. The minimum absolute atomic E-state index is 0.304. The lowest BCUT2D eigenvalue weighted by atomic mass is 9.83. The summed E-state index contributed by atoms with van der Waals surface area (Å²) in [5.74, 6) is -0.304. The van der Waals surface area contributed by atoms with Gasteiger partial charge in [-0.3, -0.25) is 0 Å². The molecule has 0 aliphatic carbocycles. The van der Waals surface area contributed by atoms with Crippen LogP contribution in [0.25, 0.3) is 0 Å². The van der Waals surface area contributed by atoms with Crippen LogP contribution in [0, 0.1) is 18.2 Å². The zero-order valence-electron chi connectivity index (χ0n) is 10.2. The summed E-state index contributed by atoms with van der Waals surface area (Å²) in [4.78, 5) is 0. The molecule has 0 saturated heterocycles. The van der Waals surface area contributed by atoms with E-state index in [1.54, 1.807) is 13.0 Å². The standard InChI is InChI=1S/C13H19FO2/c1-8-7-9(5-6-10(8)14)11(15)12(16)13(2,3)4/h5-7,11-12,15-16H,1-4H3. The zero-order valence-corrected chi connectivity index (χ0v) is 10.2. The zero-order chi connectivity index (χ0) is 12.5. The van der Waals surface area contributed by atoms with Crippen molar-refractivity contribution in [1.82, 2.24) is 0 Å². The van der Waals surface area contributed by atoms with Gasteiger partial charge in [0, 0.05) is 0 Å². The molecule has 0 amide bonds. The van der Waals surface area contributed by atoms with Gasteiger partial charge in [0.15, 0.2) is 0 Å². The first-order valence-electron chi connectivity index (χ1n) is 5.35. The lowest BCUT2D eigenvalue weighted by Crippen LogP contribution is -2.32. The molecular formula is C13H19FO2. The molecule has 2 N–H and O–H groups in total. The van der Waals surface area contributed by atoms with Crippen LogP contribution in [-0.4, -0.2) is 16.3 Å². The fourth-order valence-electron chi connectivity index (χ4n) is 1.51. The summed E-state index contributed by atoms with van der Waals surface area (Å²) in [7, 11) is 0. The molecule has 0 saturated carbocycles. The summed E-state index contributed by atoms with van der Waals surface area (Å²) >= 11 is 0. The minimum Gasteiger partial charge on any atom is -0.390 e. The van der Waals surface area contributed by atoms with Gasteiger partial charge in [0.1, 0.15) is 11.9 Å². The van der Waals surface area contributed by atoms with Crippen molar-refractivity contribution in [1.29, 1.82) is 0 Å². The Hall–Kier alpha value is -0.930. The SMILES string of the molecule is Cc1cc(C(O)C(O)C(C)(C)C)ccc1F. The van der Waals surface area contributed by atoms with E-state index in [9.17, 15) is 14.6 Å². The minimum atomic E-state index is -0.987. The van der Waals surface area contributed by atoms with Crippen molar-refractivity contribution in [2.75, 3.05) is 0 Å². The van der Waals surface area contributed by atoms with E-state index in [2.05, 4.69) is 0 Å². The Labute approximate surface area is 95.7 Å². The van der Waals surface area contributed by atoms with Gasteiger partial charge in [-0.15, -0.1) is 0 Å². The molecular weight excluding hydrogens is 207 g/mol. The van der Waals surface area contributed by atoms with Crippen LogP contribution in [0.4, 0.5) is 4.39 Å². The second-order valence-corrected chi connectivity index (χ2v) is 5.26. The van der Waals surface area contributed by atoms with Gasteiger partial charge in [0.25, 0.3) is 0 Å². The van der Waals surface area contributed by atoms with Crippen molar-refractivity contribution in [2.24, 2.45) is 5.41 Å². The predicted octanol–water partition coefficient (Wildman–Crippen LogP) is 2.57. The Kier molecular flexibility index (Phi) is 3.71. The molecule has 0 aliphatic rings. The summed E-state index contributed by atoms with van der Waals surface area (Å²) in [5.41, 5.74) is 0.598. The highest BCUT2D eigenvalue weighted by Gasteiger charge is 2.30. The van der Waals surface area contributed by atoms with Crippen LogP contribution < -0.4 is 0 Å². The average Bonchev–Trinajstić information content (AvgIpc) is 2.18. The molecule has 2 unspecified atom stereocenters. The number of halogens is 1. The Balaban J connectivity index is 2.97. The summed E-state index contributed by atoms with van der Waals surface area (Å²) in [6.45, 7) is 7.17. The van der Waals surface area contributed by atoms with Crippen LogP contribution in [0.3, 0.4) is 0 Å². The van der Waals surface area contributed by atoms with Crippen molar-refractivity contribution < 1.29 is 14.6 Å². The molecule has 1 aromatic carbocycles. The van der Waals surface area contributed by atoms with Crippen LogP contribution in [0.5, 0.6) is 0 Å². The molecule has 2 nitrogen and oxygen atoms in total. The van der Waals surface area contributed by atoms with Crippen molar-refractivity contribution in [2.45, 2.75) is 39.9 Å². The lowest BCUT2D eigenvalue weighted by molar-refractivity contribution is -0.0458. The summed E-state index contributed by atoms with van der Waals surface area (Å²) in [6, 6.07) is 4.38. The molecule has 0 spiro atoms. The molecule has 1 aromatic rings. The predicted molar refractivity (Wildman–Crippen MR) is 61.6 cm³/mol. The van der Waals surface area contributed by atoms with Crippen molar-refractivity contribution in [3.63, 3.8) is 0 Å². The first kappa shape index (κ1) is 13.1. The Morgan fingerprint density at radius 3 is 2.19 bits per heavy atom. The number of rotatable bonds is 2. The molecule has 1 rings (SSSR count). The van der Waals surface area contributed by atoms with Crippen LogP contribution in [-0.2, 0) is 0 Å². The largest absolute Gasteiger partial charge is 0.390 e. The van der Waals surface area contributed by atoms with Crippen LogP contribution in [0.1, 0.15) is 38.0 Å². The van der Waals surface area contributed by atoms with E-state index in [0.717, 1.165) is 0 Å². The molecule has 0 bridgehead atoms. The maximum Gasteiger partial charge on any atom is 0.126 e. The quantitative estimate of drug-likeness (QED) is 0.813. The third kappa shape index (κ3) is 2.80. The maximum absolute atomic E-state index is 13.1. The molecule has 0 fully saturated rings. The van der Waals surface area contributed by atoms with E-state index in [4.69, 9.17) is 0 Å². The highest BCUT2D eigenvalue weighted by molar-refractivity contribution is 5.26. The number of benzene rings is 1. The number of aliphatic hydroxyl groups excluding tert-OH is 2. The van der Waals surface area contributed by atoms with E-state index in [-0.39, 0.29) is 5.82 Å². The smallest absolute Gasteiger partial charge is 0.126 e. The Morgan fingerprint density at radius 1 is 1.19 bits per heavy atom. The van der Waals surface area contributed by atoms with Crippen molar-refractivity contribution >= 4 is 0 Å². The Morgan fingerprint density at radius 2 is 1.75 bits per heavy atom. The molecule has 0 aromatic heterocycles. The molecule has 16 heavy (non-hydrogen) atoms. The summed E-state index contributed by atoms with van der Waals surface area (Å²) in [6.07, 6.45) is -1.86. The average molecular weight is 226 g/mol. The number of hydrogen-bond acceptors (Lipinski definition) is 2. The van der Waals surface area contributed by atoms with E-state index < -0.39 is 17.6 Å². The van der Waals surface area contributed by atoms with Gasteiger partial charge in [0.2, 0.25) is 0 Å². The van der Waals surface area contributed by atoms with Gasteiger partial charge in [0.05, 0.1) is 6.10 Å². The van der Waals surface area contributed by atoms with Gasteiger partial charge < -0.3 is 10.2 Å². The van der Waals surface area contributed by atoms with Gasteiger partial charge in [-0.05, 0) is 29.5 Å². The highest BCUT2D eigenvalue weighted by Crippen LogP contribution is 2.30. The van der Waals surface area contributed by atoms with Gasteiger partial charge in [-0.2, -0.15) is 0 Å². The normalized spacial score (nSPS) is 15.9. The topological polar surface area (TPSA) is 40.5 Å². The molecule has 2 atom stereocenters. The van der Waals surface area contributed by atoms with Crippen LogP contribution in [0.2, 0.25) is 0 Å². The van der Waals surface area contributed by atoms with Crippen LogP contribution in [0.15, 0.2) is 18.2 Å². The highest BCUT2D eigenvalue weighted by atomic mass is 19.1. The van der Waals surface area contributed by atoms with Crippen molar-refractivity contribution in [3.05, 3.63) is 35.1 Å². The van der Waals surface area contributed by atoms with Crippen molar-refractivity contribution in [3.8, 4) is 0 Å². The van der Waals surface area contributed by atoms with E-state index in [0.29, 0.717) is 11.1 Å². The van der Waals surface area contributed by atoms with Gasteiger partial charge in [-0.25, -0.2) is 4.39 Å². The lowest BCUT2D eigenvalue weighted by Gasteiger charge is -2.30. The molecule has 3 heteroatoms. The maximum atomic E-state index is 13.1. The van der Waals surface area contributed by atoms with Gasteiger partial charge in [-0.1, -0.05) is 32.9 Å². The monoisotopic (exact) mass is 226 g/mol. The third-order valence-corrected chi connectivity index (χ3v) is 2.71. The third-order valence-electron chi connectivity index (χ3n) is 2.71. The summed E-state index contributed by atoms with van der Waals surface area (Å²) < 4.78 is 13.1. The van der Waals surface area contributed by atoms with Gasteiger partial charge >= 0.3 is 0 Å². The summed E-state index contributed by atoms with van der Waals surface area (Å²) in [5, 5.41) is 19.9. The molecule has 0 radical (unpaired) electrons. The first-order chi connectivity index (χ1) is 7.23. The fraction of sp³-hybridized carbons (Fsp3) is 0.538. The number of hydrogen-bond donors (Lipinski definition) is 2. The second-order valence-electron chi connectivity index (χ2n) is 5.26. The van der Waals surface area contributed by atoms with E-state index in [1.165, 1.54) is 12.1 Å². The Bertz CT molecular complexity index is 369. The molecule has 0 aliphatic heterocycles. The second kappa shape index (κ2) is 4.52. The van der Waals surface area contributed by atoms with E-state index in [1.807, 2.05) is 20.8 Å². The molecule has 0 heterocycles. The van der Waals surface area contributed by atoms with E-state index >= 15 is 0 Å². The fourth-order valence-corrected chi connectivity index (χ4v) is 1.51. The molecule has 90 valence electrons. The first-order valence-corrected chi connectivity index (χ1v) is 5.35. The van der Waals surface area contributed by atoms with Crippen LogP contribution >= 0.6 is 0 Å². The number of aryl methyl sites for hydroxylation is 1.